The van der Waals surface area contributed by atoms with Gasteiger partial charge in [-0.2, -0.15) is 0 Å². The molecule has 0 unspecified atom stereocenters. The Morgan fingerprint density at radius 1 is 1.05 bits per heavy atom. The van der Waals surface area contributed by atoms with Crippen LogP contribution in [0.3, 0.4) is 0 Å². The molecule has 0 fully saturated rings. The van der Waals surface area contributed by atoms with Crippen molar-refractivity contribution in [2.24, 2.45) is 0 Å². The summed E-state index contributed by atoms with van der Waals surface area (Å²) >= 11 is 0. The largest absolute Gasteiger partial charge is 0.483 e. The third-order valence-electron chi connectivity index (χ3n) is 3.54. The fraction of sp³-hybridized carbons (Fsp3) is 0.250. The lowest BCUT2D eigenvalue weighted by atomic mass is 9.92. The van der Waals surface area contributed by atoms with E-state index in [0.717, 1.165) is 22.4 Å². The Balaban J connectivity index is 1.98. The minimum atomic E-state index is -0.595. The van der Waals surface area contributed by atoms with Crippen LogP contribution in [0.2, 0.25) is 0 Å². The van der Waals surface area contributed by atoms with E-state index in [9.17, 15) is 10.2 Å². The van der Waals surface area contributed by atoms with Gasteiger partial charge in [0.15, 0.2) is 6.10 Å². The van der Waals surface area contributed by atoms with Gasteiger partial charge in [0, 0.05) is 12.0 Å². The molecule has 0 aliphatic carbocycles. The van der Waals surface area contributed by atoms with Gasteiger partial charge in [-0.05, 0) is 17.2 Å². The number of hydrogen-bond donors (Lipinski definition) is 2. The second-order valence-corrected chi connectivity index (χ2v) is 4.77. The first-order valence-corrected chi connectivity index (χ1v) is 6.41. The van der Waals surface area contributed by atoms with Crippen LogP contribution in [0.4, 0.5) is 0 Å². The molecule has 0 aromatic heterocycles. The molecule has 2 aromatic carbocycles. The van der Waals surface area contributed by atoms with Crippen LogP contribution in [0.5, 0.6) is 5.75 Å². The SMILES string of the molecule is OCc1ccccc1[C@H]1Oc2ccccc2C[C@@H]1O. The normalized spacial score (nSPS) is 21.6. The molecule has 0 bridgehead atoms. The molecule has 0 radical (unpaired) electrons. The quantitative estimate of drug-likeness (QED) is 0.866. The van der Waals surface area contributed by atoms with Gasteiger partial charge in [0.1, 0.15) is 5.75 Å². The van der Waals surface area contributed by atoms with Crippen molar-refractivity contribution in [1.29, 1.82) is 0 Å². The fourth-order valence-corrected chi connectivity index (χ4v) is 2.56. The standard InChI is InChI=1S/C16H16O3/c17-10-12-6-1-3-7-13(12)16-14(18)9-11-5-2-4-8-15(11)19-16/h1-8,14,16-18H,9-10H2/t14-,16+/m0/s1. The van der Waals surface area contributed by atoms with Gasteiger partial charge >= 0.3 is 0 Å². The molecule has 98 valence electrons. The molecular formula is C16H16O3. The summed E-state index contributed by atoms with van der Waals surface area (Å²) in [5.74, 6) is 0.811. The number of fused-ring (bicyclic) bond motifs is 1. The van der Waals surface area contributed by atoms with E-state index in [0.29, 0.717) is 6.42 Å². The first-order valence-electron chi connectivity index (χ1n) is 6.41. The van der Waals surface area contributed by atoms with Crippen molar-refractivity contribution >= 4 is 0 Å². The third kappa shape index (κ3) is 2.23. The van der Waals surface area contributed by atoms with Crippen molar-refractivity contribution in [2.75, 3.05) is 0 Å². The molecule has 1 aliphatic heterocycles. The zero-order chi connectivity index (χ0) is 13.2. The summed E-state index contributed by atoms with van der Waals surface area (Å²) in [4.78, 5) is 0. The maximum absolute atomic E-state index is 10.3. The van der Waals surface area contributed by atoms with E-state index in [1.807, 2.05) is 48.5 Å². The molecule has 0 saturated carbocycles. The number of ether oxygens (including phenoxy) is 1. The minimum Gasteiger partial charge on any atom is -0.483 e. The monoisotopic (exact) mass is 256 g/mol. The second kappa shape index (κ2) is 5.03. The van der Waals surface area contributed by atoms with Gasteiger partial charge in [0.2, 0.25) is 0 Å². The molecule has 2 N–H and O–H groups in total. The van der Waals surface area contributed by atoms with Crippen molar-refractivity contribution in [3.05, 3.63) is 65.2 Å². The Bertz CT molecular complexity index is 580. The molecule has 3 rings (SSSR count). The maximum atomic E-state index is 10.3. The van der Waals surface area contributed by atoms with Crippen LogP contribution in [0, 0.1) is 0 Å². The third-order valence-corrected chi connectivity index (χ3v) is 3.54. The van der Waals surface area contributed by atoms with Crippen LogP contribution in [0.25, 0.3) is 0 Å². The van der Waals surface area contributed by atoms with Gasteiger partial charge in [0.05, 0.1) is 12.7 Å². The van der Waals surface area contributed by atoms with Crippen LogP contribution >= 0.6 is 0 Å². The summed E-state index contributed by atoms with van der Waals surface area (Å²) < 4.78 is 5.91. The summed E-state index contributed by atoms with van der Waals surface area (Å²) in [6, 6.07) is 15.3. The number of aliphatic hydroxyl groups is 2. The minimum absolute atomic E-state index is 0.0512. The van der Waals surface area contributed by atoms with Gasteiger partial charge < -0.3 is 14.9 Å². The van der Waals surface area contributed by atoms with Crippen LogP contribution in [0.15, 0.2) is 48.5 Å². The van der Waals surface area contributed by atoms with E-state index >= 15 is 0 Å². The zero-order valence-electron chi connectivity index (χ0n) is 10.5. The highest BCUT2D eigenvalue weighted by molar-refractivity contribution is 5.39. The summed E-state index contributed by atoms with van der Waals surface area (Å²) in [7, 11) is 0. The summed E-state index contributed by atoms with van der Waals surface area (Å²) in [6.07, 6.45) is -0.443. The number of hydrogen-bond acceptors (Lipinski definition) is 3. The first-order chi connectivity index (χ1) is 9.29. The van der Waals surface area contributed by atoms with Gasteiger partial charge in [-0.25, -0.2) is 0 Å². The van der Waals surface area contributed by atoms with Gasteiger partial charge in [-0.3, -0.25) is 0 Å². The Morgan fingerprint density at radius 2 is 1.79 bits per heavy atom. The Labute approximate surface area is 112 Å². The van der Waals surface area contributed by atoms with Crippen molar-refractivity contribution in [1.82, 2.24) is 0 Å². The van der Waals surface area contributed by atoms with Crippen LogP contribution in [-0.4, -0.2) is 16.3 Å². The number of benzene rings is 2. The zero-order valence-corrected chi connectivity index (χ0v) is 10.5. The summed E-state index contributed by atoms with van der Waals surface area (Å²) in [5.41, 5.74) is 2.67. The van der Waals surface area contributed by atoms with Gasteiger partial charge in [0.25, 0.3) is 0 Å². The molecule has 3 nitrogen and oxygen atoms in total. The Hall–Kier alpha value is -1.84. The van der Waals surface area contributed by atoms with E-state index < -0.39 is 12.2 Å². The highest BCUT2D eigenvalue weighted by Crippen LogP contribution is 2.36. The lowest BCUT2D eigenvalue weighted by Gasteiger charge is -2.31. The molecular weight excluding hydrogens is 240 g/mol. The predicted octanol–water partition coefficient (Wildman–Crippen LogP) is 2.22. The van der Waals surface area contributed by atoms with Crippen molar-refractivity contribution in [3.63, 3.8) is 0 Å². The van der Waals surface area contributed by atoms with Gasteiger partial charge in [-0.1, -0.05) is 42.5 Å². The molecule has 2 atom stereocenters. The summed E-state index contributed by atoms with van der Waals surface area (Å²) in [5, 5.41) is 19.7. The van der Waals surface area contributed by atoms with E-state index in [-0.39, 0.29) is 6.61 Å². The lowest BCUT2D eigenvalue weighted by molar-refractivity contribution is 0.0197. The lowest BCUT2D eigenvalue weighted by Crippen LogP contribution is -2.31. The molecule has 0 saturated heterocycles. The smallest absolute Gasteiger partial charge is 0.150 e. The van der Waals surface area contributed by atoms with E-state index in [2.05, 4.69) is 0 Å². The molecule has 2 aromatic rings. The highest BCUT2D eigenvalue weighted by atomic mass is 16.5. The predicted molar refractivity (Wildman–Crippen MR) is 71.9 cm³/mol. The molecule has 0 amide bonds. The molecule has 1 heterocycles. The van der Waals surface area contributed by atoms with Crippen molar-refractivity contribution in [2.45, 2.75) is 25.2 Å². The van der Waals surface area contributed by atoms with Crippen molar-refractivity contribution < 1.29 is 14.9 Å². The topological polar surface area (TPSA) is 49.7 Å². The maximum Gasteiger partial charge on any atom is 0.150 e. The van der Waals surface area contributed by atoms with Crippen LogP contribution in [0.1, 0.15) is 22.8 Å². The number of aliphatic hydroxyl groups excluding tert-OH is 2. The molecule has 3 heteroatoms. The first kappa shape index (κ1) is 12.2. The average Bonchev–Trinajstić information content (AvgIpc) is 2.46. The van der Waals surface area contributed by atoms with Crippen LogP contribution < -0.4 is 4.74 Å². The fourth-order valence-electron chi connectivity index (χ4n) is 2.56. The Kier molecular flexibility index (Phi) is 3.23. The Morgan fingerprint density at radius 3 is 2.63 bits per heavy atom. The molecule has 19 heavy (non-hydrogen) atoms. The van der Waals surface area contributed by atoms with Crippen LogP contribution in [-0.2, 0) is 13.0 Å². The second-order valence-electron chi connectivity index (χ2n) is 4.77. The number of rotatable bonds is 2. The van der Waals surface area contributed by atoms with Crippen molar-refractivity contribution in [3.8, 4) is 5.75 Å². The number of para-hydroxylation sites is 1. The van der Waals surface area contributed by atoms with E-state index in [1.165, 1.54) is 0 Å². The average molecular weight is 256 g/mol. The van der Waals surface area contributed by atoms with Gasteiger partial charge in [-0.15, -0.1) is 0 Å². The highest BCUT2D eigenvalue weighted by Gasteiger charge is 2.30. The van der Waals surface area contributed by atoms with E-state index in [1.54, 1.807) is 0 Å². The van der Waals surface area contributed by atoms with E-state index in [4.69, 9.17) is 4.74 Å². The molecule has 1 aliphatic rings. The summed E-state index contributed by atoms with van der Waals surface area (Å²) in [6.45, 7) is -0.0512. The molecule has 0 spiro atoms.